The predicted octanol–water partition coefficient (Wildman–Crippen LogP) is 3.08. The van der Waals surface area contributed by atoms with E-state index in [1.807, 2.05) is 55.8 Å². The third-order valence-corrected chi connectivity index (χ3v) is 3.07. The zero-order chi connectivity index (χ0) is 27.8. The largest absolute Gasteiger partial charge is 0.256 e. The number of aromatic nitrogens is 17. The second-order valence-electron chi connectivity index (χ2n) is 5.91. The molecule has 17 nitrogen and oxygen atoms in total. The molecule has 0 aliphatic carbocycles. The topological polar surface area (TPSA) is 179 Å². The van der Waals surface area contributed by atoms with Crippen LogP contribution in [0.15, 0.2) is 37.2 Å². The van der Waals surface area contributed by atoms with Gasteiger partial charge in [0.15, 0.2) is 5.82 Å². The summed E-state index contributed by atoms with van der Waals surface area (Å²) in [6.07, 6.45) is 10.2. The average molecular weight is 570 g/mol. The Bertz CT molecular complexity index is 940. The molecule has 0 radical (unpaired) electrons. The molecule has 17 heteroatoms. The number of hydrogen-bond donors (Lipinski definition) is 0. The van der Waals surface area contributed by atoms with Crippen LogP contribution in [0.2, 0.25) is 0 Å². The summed E-state index contributed by atoms with van der Waals surface area (Å²) < 4.78 is 6.53. The fraction of sp³-hybridized carbons (Fsp3) is 0.652. The van der Waals surface area contributed by atoms with Crippen molar-refractivity contribution in [3.05, 3.63) is 48.8 Å². The minimum Gasteiger partial charge on any atom is -0.256 e. The Kier molecular flexibility index (Phi) is 39.6. The summed E-state index contributed by atoms with van der Waals surface area (Å²) in [6.45, 7) is 11.6. The minimum absolute atomic E-state index is 0. The Hall–Kier alpha value is -4.44. The van der Waals surface area contributed by atoms with Gasteiger partial charge in [-0.05, 0) is 29.5 Å². The molecule has 0 saturated carbocycles. The molecule has 0 bridgehead atoms. The van der Waals surface area contributed by atoms with Crippen molar-refractivity contribution in [3.63, 3.8) is 0 Å². The Labute approximate surface area is 241 Å². The third kappa shape index (κ3) is 28.1. The van der Waals surface area contributed by atoms with Crippen LogP contribution >= 0.6 is 0 Å². The molecule has 0 aliphatic rings. The van der Waals surface area contributed by atoms with Crippen LogP contribution in [-0.4, -0.2) is 85.4 Å². The molecule has 40 heavy (non-hydrogen) atoms. The first-order chi connectivity index (χ1) is 17.3. The molecule has 232 valence electrons. The van der Waals surface area contributed by atoms with Crippen LogP contribution in [0.5, 0.6) is 0 Å². The molecule has 5 aromatic heterocycles. The summed E-state index contributed by atoms with van der Waals surface area (Å²) in [7, 11) is 9.02. The van der Waals surface area contributed by atoms with Gasteiger partial charge in [0, 0.05) is 46.8 Å². The van der Waals surface area contributed by atoms with Gasteiger partial charge in [0.25, 0.3) is 0 Å². The molecular formula is C23H55N17. The fourth-order valence-electron chi connectivity index (χ4n) is 1.46. The zero-order valence-corrected chi connectivity index (χ0v) is 23.1. The van der Waals surface area contributed by atoms with Gasteiger partial charge in [-0.3, -0.25) is 14.0 Å². The van der Waals surface area contributed by atoms with Crippen LogP contribution in [-0.2, 0) is 35.2 Å². The van der Waals surface area contributed by atoms with E-state index in [0.29, 0.717) is 5.82 Å². The van der Waals surface area contributed by atoms with Crippen molar-refractivity contribution in [1.29, 1.82) is 0 Å². The van der Waals surface area contributed by atoms with Crippen molar-refractivity contribution < 1.29 is 0 Å². The highest BCUT2D eigenvalue weighted by atomic mass is 15.6. The van der Waals surface area contributed by atoms with Crippen LogP contribution in [0, 0.1) is 13.8 Å². The van der Waals surface area contributed by atoms with Gasteiger partial charge in [0.2, 0.25) is 0 Å². The fourth-order valence-corrected chi connectivity index (χ4v) is 1.46. The molecular weight excluding hydrogens is 514 g/mol. The lowest BCUT2D eigenvalue weighted by Crippen LogP contribution is -1.92. The lowest BCUT2D eigenvalue weighted by molar-refractivity contribution is 0.629. The van der Waals surface area contributed by atoms with E-state index in [4.69, 9.17) is 0 Å². The van der Waals surface area contributed by atoms with Crippen LogP contribution < -0.4 is 0 Å². The van der Waals surface area contributed by atoms with Gasteiger partial charge in [-0.1, -0.05) is 73.0 Å². The van der Waals surface area contributed by atoms with E-state index >= 15 is 0 Å². The monoisotopic (exact) mass is 569 g/mol. The number of aryl methyl sites for hydroxylation is 7. The van der Waals surface area contributed by atoms with E-state index in [1.54, 1.807) is 76.9 Å². The van der Waals surface area contributed by atoms with E-state index in [9.17, 15) is 0 Å². The van der Waals surface area contributed by atoms with Gasteiger partial charge in [-0.2, -0.15) is 4.80 Å². The summed E-state index contributed by atoms with van der Waals surface area (Å²) in [5.41, 5.74) is 0. The molecule has 0 unspecified atom stereocenters. The van der Waals surface area contributed by atoms with E-state index in [0.717, 1.165) is 5.82 Å². The first-order valence-corrected chi connectivity index (χ1v) is 11.1. The van der Waals surface area contributed by atoms with Crippen molar-refractivity contribution in [3.8, 4) is 0 Å². The van der Waals surface area contributed by atoms with Gasteiger partial charge in [-0.15, -0.1) is 30.6 Å². The quantitative estimate of drug-likeness (QED) is 0.266. The molecule has 0 spiro atoms. The van der Waals surface area contributed by atoms with Crippen LogP contribution in [0.4, 0.5) is 0 Å². The molecule has 0 saturated heterocycles. The highest BCUT2D eigenvalue weighted by Crippen LogP contribution is 1.78. The number of tetrazole rings is 2. The summed E-state index contributed by atoms with van der Waals surface area (Å²) in [5.74, 6) is 1.54. The number of rotatable bonds is 0. The second-order valence-corrected chi connectivity index (χ2v) is 5.91. The highest BCUT2D eigenvalue weighted by molar-refractivity contribution is 4.69. The Balaban J connectivity index is -0.0000000855. The summed E-state index contributed by atoms with van der Waals surface area (Å²) in [4.78, 5) is 1.43. The Morgan fingerprint density at radius 2 is 0.900 bits per heavy atom. The van der Waals surface area contributed by atoms with E-state index < -0.39 is 0 Å². The minimum atomic E-state index is 0. The molecule has 5 aromatic rings. The summed E-state index contributed by atoms with van der Waals surface area (Å²) >= 11 is 0. The summed E-state index contributed by atoms with van der Waals surface area (Å²) in [5, 5.41) is 42.9. The van der Waals surface area contributed by atoms with E-state index in [-0.39, 0.29) is 29.7 Å². The van der Waals surface area contributed by atoms with Gasteiger partial charge in [-0.25, -0.2) is 4.68 Å². The van der Waals surface area contributed by atoms with Crippen LogP contribution in [0.1, 0.15) is 69.1 Å². The van der Waals surface area contributed by atoms with Gasteiger partial charge < -0.3 is 0 Å². The molecule has 0 fully saturated rings. The normalized spacial score (nSPS) is 7.58. The van der Waals surface area contributed by atoms with Gasteiger partial charge in [0.05, 0.1) is 25.6 Å². The molecule has 0 atom stereocenters. The van der Waals surface area contributed by atoms with Crippen molar-refractivity contribution >= 4 is 0 Å². The lowest BCUT2D eigenvalue weighted by atomic mass is 10.7. The Morgan fingerprint density at radius 3 is 0.975 bits per heavy atom. The maximum atomic E-state index is 3.81. The zero-order valence-electron chi connectivity index (χ0n) is 23.1. The highest BCUT2D eigenvalue weighted by Gasteiger charge is 1.87. The average Bonchev–Trinajstić information content (AvgIpc) is 3.72. The maximum absolute atomic E-state index is 3.81. The van der Waals surface area contributed by atoms with Gasteiger partial charge in [0.1, 0.15) is 5.82 Å². The molecule has 0 aromatic carbocycles. The van der Waals surface area contributed by atoms with Gasteiger partial charge >= 0.3 is 0 Å². The first-order valence-electron chi connectivity index (χ1n) is 11.1. The van der Waals surface area contributed by atoms with E-state index in [2.05, 4.69) is 61.9 Å². The lowest BCUT2D eigenvalue weighted by Gasteiger charge is -1.81. The van der Waals surface area contributed by atoms with Crippen molar-refractivity contribution in [2.75, 3.05) is 0 Å². The molecule has 5 heterocycles. The molecule has 0 aliphatic heterocycles. The first kappa shape index (κ1) is 48.6. The predicted molar refractivity (Wildman–Crippen MR) is 160 cm³/mol. The molecule has 0 amide bonds. The second kappa shape index (κ2) is 32.6. The van der Waals surface area contributed by atoms with Crippen molar-refractivity contribution in [2.24, 2.45) is 35.2 Å². The molecule has 0 N–H and O–H groups in total. The number of nitrogens with zero attached hydrogens (tertiary/aromatic N) is 17. The van der Waals surface area contributed by atoms with Crippen molar-refractivity contribution in [2.45, 2.75) is 71.2 Å². The van der Waals surface area contributed by atoms with Crippen LogP contribution in [0.25, 0.3) is 0 Å². The third-order valence-electron chi connectivity index (χ3n) is 3.07. The summed E-state index contributed by atoms with van der Waals surface area (Å²) in [6, 6.07) is 0. The smallest absolute Gasteiger partial charge is 0.171 e. The van der Waals surface area contributed by atoms with E-state index in [1.165, 1.54) is 4.80 Å². The Morgan fingerprint density at radius 1 is 0.525 bits per heavy atom. The molecule has 5 rings (SSSR count). The maximum Gasteiger partial charge on any atom is 0.171 e. The van der Waals surface area contributed by atoms with Crippen molar-refractivity contribution in [1.82, 2.24) is 85.4 Å². The number of hydrogen-bond acceptors (Lipinski definition) is 12. The van der Waals surface area contributed by atoms with Crippen LogP contribution in [0.3, 0.4) is 0 Å². The standard InChI is InChI=1S/2C3H6N4.3C3H5N3.2C2H6.4CH4/c1-3-4-5-6-7(3)2;1-3-4-6-7(2)5-3;3*1-6-3-2-4-5-6;2*1-2;;;;/h2*1-2H3;3*2-3H,1H3;2*1-2H3;4*1H4. The SMILES string of the molecule is C.C.C.C.CC.CC.Cc1nnn(C)n1.Cc1nnnn1C.Cn1ccnn1.Cn1ccnn1.Cn1ccnn1.